The molecule has 1 aliphatic rings. The molecule has 112 valence electrons. The van der Waals surface area contributed by atoms with E-state index in [-0.39, 0.29) is 11.4 Å². The van der Waals surface area contributed by atoms with Crippen LogP contribution in [-0.2, 0) is 10.0 Å². The lowest BCUT2D eigenvalue weighted by molar-refractivity contribution is 0.254. The highest BCUT2D eigenvalue weighted by Crippen LogP contribution is 2.20. The van der Waals surface area contributed by atoms with Crippen LogP contribution in [0, 0.1) is 5.82 Å². The van der Waals surface area contributed by atoms with Crippen LogP contribution in [0.1, 0.15) is 0 Å². The Balaban J connectivity index is 1.93. The van der Waals surface area contributed by atoms with Crippen LogP contribution in [0.3, 0.4) is 0 Å². The monoisotopic (exact) mass is 365 g/mol. The average molecular weight is 366 g/mol. The quantitative estimate of drug-likeness (QED) is 0.823. The van der Waals surface area contributed by atoms with Crippen molar-refractivity contribution in [3.8, 4) is 0 Å². The van der Waals surface area contributed by atoms with E-state index in [0.717, 1.165) is 26.2 Å². The SMILES string of the molecule is O=S(=O)(CCN1CCNCC1)Nc1ccc(Br)cc1F. The number of piperazine rings is 1. The number of sulfonamides is 1. The number of anilines is 1. The van der Waals surface area contributed by atoms with Gasteiger partial charge in [0.05, 0.1) is 11.4 Å². The molecule has 0 bridgehead atoms. The van der Waals surface area contributed by atoms with E-state index in [9.17, 15) is 12.8 Å². The van der Waals surface area contributed by atoms with Gasteiger partial charge in [-0.05, 0) is 18.2 Å². The Morgan fingerprint density at radius 3 is 2.70 bits per heavy atom. The van der Waals surface area contributed by atoms with E-state index >= 15 is 0 Å². The van der Waals surface area contributed by atoms with Gasteiger partial charge in [0.15, 0.2) is 0 Å². The first kappa shape index (κ1) is 15.7. The summed E-state index contributed by atoms with van der Waals surface area (Å²) in [6, 6.07) is 4.23. The van der Waals surface area contributed by atoms with Crippen molar-refractivity contribution in [3.05, 3.63) is 28.5 Å². The molecule has 1 aromatic rings. The largest absolute Gasteiger partial charge is 0.314 e. The smallest absolute Gasteiger partial charge is 0.234 e. The molecule has 20 heavy (non-hydrogen) atoms. The molecule has 1 aliphatic heterocycles. The van der Waals surface area contributed by atoms with Gasteiger partial charge < -0.3 is 5.32 Å². The van der Waals surface area contributed by atoms with Gasteiger partial charge in [0.1, 0.15) is 5.82 Å². The zero-order chi connectivity index (χ0) is 14.6. The number of hydrogen-bond donors (Lipinski definition) is 2. The third-order valence-electron chi connectivity index (χ3n) is 3.08. The molecule has 2 rings (SSSR count). The lowest BCUT2D eigenvalue weighted by Crippen LogP contribution is -2.45. The van der Waals surface area contributed by atoms with Crippen molar-refractivity contribution in [3.63, 3.8) is 0 Å². The first-order chi connectivity index (χ1) is 9.46. The molecular formula is C12H17BrFN3O2S. The zero-order valence-corrected chi connectivity index (χ0v) is 13.3. The minimum Gasteiger partial charge on any atom is -0.314 e. The molecule has 5 nitrogen and oxygen atoms in total. The van der Waals surface area contributed by atoms with E-state index in [1.807, 2.05) is 0 Å². The molecule has 2 N–H and O–H groups in total. The topological polar surface area (TPSA) is 61.4 Å². The number of nitrogens with one attached hydrogen (secondary N) is 2. The highest BCUT2D eigenvalue weighted by Gasteiger charge is 2.17. The van der Waals surface area contributed by atoms with Gasteiger partial charge >= 0.3 is 0 Å². The van der Waals surface area contributed by atoms with Gasteiger partial charge in [-0.3, -0.25) is 9.62 Å². The first-order valence-corrected chi connectivity index (χ1v) is 8.79. The summed E-state index contributed by atoms with van der Waals surface area (Å²) in [6.07, 6.45) is 0. The molecule has 0 amide bonds. The van der Waals surface area contributed by atoms with Crippen molar-refractivity contribution in [1.29, 1.82) is 0 Å². The zero-order valence-electron chi connectivity index (χ0n) is 10.9. The minimum atomic E-state index is -3.54. The van der Waals surface area contributed by atoms with Crippen LogP contribution in [0.25, 0.3) is 0 Å². The highest BCUT2D eigenvalue weighted by atomic mass is 79.9. The van der Waals surface area contributed by atoms with Crippen LogP contribution < -0.4 is 10.0 Å². The van der Waals surface area contributed by atoms with Gasteiger partial charge in [-0.25, -0.2) is 12.8 Å². The van der Waals surface area contributed by atoms with Crippen molar-refractivity contribution in [2.75, 3.05) is 43.2 Å². The second-order valence-corrected chi connectivity index (χ2v) is 7.39. The Kier molecular flexibility index (Phi) is 5.36. The lowest BCUT2D eigenvalue weighted by atomic mass is 10.3. The van der Waals surface area contributed by atoms with Gasteiger partial charge in [0, 0.05) is 37.2 Å². The van der Waals surface area contributed by atoms with E-state index in [4.69, 9.17) is 0 Å². The summed E-state index contributed by atoms with van der Waals surface area (Å²) < 4.78 is 40.4. The maximum absolute atomic E-state index is 13.6. The molecule has 0 radical (unpaired) electrons. The standard InChI is InChI=1S/C12H17BrFN3O2S/c13-10-1-2-12(11(14)9-10)16-20(18,19)8-7-17-5-3-15-4-6-17/h1-2,9,15-16H,3-8H2. The molecule has 1 saturated heterocycles. The number of nitrogens with zero attached hydrogens (tertiary/aromatic N) is 1. The molecule has 1 heterocycles. The molecule has 0 saturated carbocycles. The predicted molar refractivity (Wildman–Crippen MR) is 80.8 cm³/mol. The summed E-state index contributed by atoms with van der Waals surface area (Å²) in [7, 11) is -3.54. The van der Waals surface area contributed by atoms with Crippen LogP contribution in [0.4, 0.5) is 10.1 Å². The van der Waals surface area contributed by atoms with Crippen LogP contribution in [0.2, 0.25) is 0 Å². The normalized spacial score (nSPS) is 17.1. The van der Waals surface area contributed by atoms with E-state index in [1.165, 1.54) is 12.1 Å². The van der Waals surface area contributed by atoms with E-state index in [1.54, 1.807) is 6.07 Å². The van der Waals surface area contributed by atoms with Crippen molar-refractivity contribution in [2.45, 2.75) is 0 Å². The summed E-state index contributed by atoms with van der Waals surface area (Å²) >= 11 is 3.13. The summed E-state index contributed by atoms with van der Waals surface area (Å²) in [5, 5.41) is 3.20. The number of rotatable bonds is 5. The fraction of sp³-hybridized carbons (Fsp3) is 0.500. The van der Waals surface area contributed by atoms with Gasteiger partial charge in [-0.2, -0.15) is 0 Å². The van der Waals surface area contributed by atoms with E-state index < -0.39 is 15.8 Å². The fourth-order valence-corrected chi connectivity index (χ4v) is 3.41. The van der Waals surface area contributed by atoms with Crippen molar-refractivity contribution in [1.82, 2.24) is 10.2 Å². The van der Waals surface area contributed by atoms with Crippen molar-refractivity contribution >= 4 is 31.6 Å². The fourth-order valence-electron chi connectivity index (χ4n) is 1.97. The molecule has 0 aromatic heterocycles. The molecule has 0 spiro atoms. The molecule has 8 heteroatoms. The minimum absolute atomic E-state index is 0.0199. The Morgan fingerprint density at radius 1 is 1.35 bits per heavy atom. The average Bonchev–Trinajstić information content (AvgIpc) is 2.41. The Bertz CT molecular complexity index is 562. The van der Waals surface area contributed by atoms with Crippen LogP contribution in [-0.4, -0.2) is 51.8 Å². The van der Waals surface area contributed by atoms with Gasteiger partial charge in [0.25, 0.3) is 0 Å². The number of hydrogen-bond acceptors (Lipinski definition) is 4. The van der Waals surface area contributed by atoms with Gasteiger partial charge in [-0.15, -0.1) is 0 Å². The van der Waals surface area contributed by atoms with Crippen molar-refractivity contribution in [2.24, 2.45) is 0 Å². The molecule has 0 atom stereocenters. The summed E-state index contributed by atoms with van der Waals surface area (Å²) in [4.78, 5) is 2.08. The van der Waals surface area contributed by atoms with Gasteiger partial charge in [0.2, 0.25) is 10.0 Å². The van der Waals surface area contributed by atoms with Crippen LogP contribution in [0.5, 0.6) is 0 Å². The Morgan fingerprint density at radius 2 is 2.05 bits per heavy atom. The third kappa shape index (κ3) is 4.69. The summed E-state index contributed by atoms with van der Waals surface area (Å²) in [5.41, 5.74) is -0.0199. The van der Waals surface area contributed by atoms with Crippen LogP contribution in [0.15, 0.2) is 22.7 Å². The van der Waals surface area contributed by atoms with Crippen LogP contribution >= 0.6 is 15.9 Å². The second kappa shape index (κ2) is 6.84. The van der Waals surface area contributed by atoms with Crippen molar-refractivity contribution < 1.29 is 12.8 Å². The highest BCUT2D eigenvalue weighted by molar-refractivity contribution is 9.10. The Labute approximate surface area is 126 Å². The number of benzene rings is 1. The molecule has 0 unspecified atom stereocenters. The van der Waals surface area contributed by atoms with Gasteiger partial charge in [-0.1, -0.05) is 15.9 Å². The molecule has 1 fully saturated rings. The van der Waals surface area contributed by atoms with E-state index in [0.29, 0.717) is 11.0 Å². The molecular weight excluding hydrogens is 349 g/mol. The molecule has 0 aliphatic carbocycles. The summed E-state index contributed by atoms with van der Waals surface area (Å²) in [5.74, 6) is -0.632. The maximum Gasteiger partial charge on any atom is 0.234 e. The summed E-state index contributed by atoms with van der Waals surface area (Å²) in [6.45, 7) is 3.86. The predicted octanol–water partition coefficient (Wildman–Crippen LogP) is 1.24. The first-order valence-electron chi connectivity index (χ1n) is 6.35. The second-order valence-electron chi connectivity index (χ2n) is 4.64. The third-order valence-corrected chi connectivity index (χ3v) is 4.83. The lowest BCUT2D eigenvalue weighted by Gasteiger charge is -2.26. The van der Waals surface area contributed by atoms with E-state index in [2.05, 4.69) is 30.9 Å². The Hall–Kier alpha value is -0.700. The molecule has 1 aromatic carbocycles. The number of halogens is 2. The maximum atomic E-state index is 13.6.